The molecular formula is C15H21FN4O. The van der Waals surface area contributed by atoms with Crippen molar-refractivity contribution in [2.45, 2.75) is 44.1 Å². The highest BCUT2D eigenvalue weighted by Crippen LogP contribution is 2.27. The summed E-state index contributed by atoms with van der Waals surface area (Å²) in [5, 5.41) is 13.1. The highest BCUT2D eigenvalue weighted by atomic mass is 19.1. The molecule has 0 saturated heterocycles. The summed E-state index contributed by atoms with van der Waals surface area (Å²) in [5.41, 5.74) is 5.01. The number of carbonyl (C=O) groups excluding carboxylic acids is 1. The van der Waals surface area contributed by atoms with Gasteiger partial charge in [-0.05, 0) is 25.0 Å². The Labute approximate surface area is 123 Å². The molecule has 0 bridgehead atoms. The Morgan fingerprint density at radius 3 is 2.38 bits per heavy atom. The zero-order chi connectivity index (χ0) is 15.3. The Morgan fingerprint density at radius 1 is 1.19 bits per heavy atom. The molecule has 1 aromatic rings. The van der Waals surface area contributed by atoms with Crippen LogP contribution >= 0.6 is 0 Å². The van der Waals surface area contributed by atoms with Gasteiger partial charge in [-0.15, -0.1) is 0 Å². The summed E-state index contributed by atoms with van der Waals surface area (Å²) in [6, 6.07) is 5.44. The summed E-state index contributed by atoms with van der Waals surface area (Å²) in [6.45, 7) is 0. The third kappa shape index (κ3) is 3.71. The predicted molar refractivity (Wildman–Crippen MR) is 80.9 cm³/mol. The number of benzene rings is 1. The molecule has 0 unspecified atom stereocenters. The second-order valence-corrected chi connectivity index (χ2v) is 5.47. The SMILES string of the molecule is N=C(N)C1(NC(=O)Nc2ccccc2F)CCCCCC1. The summed E-state index contributed by atoms with van der Waals surface area (Å²) >= 11 is 0. The number of amidine groups is 1. The lowest BCUT2D eigenvalue weighted by atomic mass is 9.89. The van der Waals surface area contributed by atoms with Crippen molar-refractivity contribution in [3.05, 3.63) is 30.1 Å². The van der Waals surface area contributed by atoms with E-state index in [9.17, 15) is 9.18 Å². The second kappa shape index (κ2) is 6.56. The normalized spacial score (nSPS) is 17.6. The van der Waals surface area contributed by atoms with Gasteiger partial charge in [0.1, 0.15) is 11.7 Å². The maximum absolute atomic E-state index is 13.5. The molecule has 5 nitrogen and oxygen atoms in total. The zero-order valence-electron chi connectivity index (χ0n) is 11.9. The molecule has 114 valence electrons. The maximum atomic E-state index is 13.5. The Bertz CT molecular complexity index is 524. The van der Waals surface area contributed by atoms with Crippen LogP contribution in [0.5, 0.6) is 0 Å². The average molecular weight is 292 g/mol. The van der Waals surface area contributed by atoms with E-state index in [-0.39, 0.29) is 11.5 Å². The van der Waals surface area contributed by atoms with E-state index in [1.165, 1.54) is 12.1 Å². The number of hydrogen-bond acceptors (Lipinski definition) is 2. The molecule has 0 aliphatic heterocycles. The minimum absolute atomic E-state index is 0.0342. The molecule has 0 heterocycles. The van der Waals surface area contributed by atoms with E-state index in [0.29, 0.717) is 12.8 Å². The van der Waals surface area contributed by atoms with Gasteiger partial charge in [-0.3, -0.25) is 5.41 Å². The summed E-state index contributed by atoms with van der Waals surface area (Å²) in [7, 11) is 0. The van der Waals surface area contributed by atoms with Crippen LogP contribution in [0, 0.1) is 11.2 Å². The van der Waals surface area contributed by atoms with Crippen LogP contribution in [0.25, 0.3) is 0 Å². The van der Waals surface area contributed by atoms with Crippen molar-refractivity contribution >= 4 is 17.6 Å². The minimum atomic E-state index is -0.814. The molecule has 0 atom stereocenters. The van der Waals surface area contributed by atoms with Crippen LogP contribution < -0.4 is 16.4 Å². The molecule has 0 radical (unpaired) electrons. The fraction of sp³-hybridized carbons (Fsp3) is 0.467. The fourth-order valence-electron chi connectivity index (χ4n) is 2.73. The van der Waals surface area contributed by atoms with Gasteiger partial charge < -0.3 is 16.4 Å². The minimum Gasteiger partial charge on any atom is -0.386 e. The summed E-state index contributed by atoms with van der Waals surface area (Å²) < 4.78 is 13.5. The first-order valence-corrected chi connectivity index (χ1v) is 7.22. The van der Waals surface area contributed by atoms with E-state index in [2.05, 4.69) is 10.6 Å². The van der Waals surface area contributed by atoms with Crippen LogP contribution in [0.1, 0.15) is 38.5 Å². The molecule has 1 aliphatic carbocycles. The zero-order valence-corrected chi connectivity index (χ0v) is 11.9. The third-order valence-electron chi connectivity index (χ3n) is 3.95. The van der Waals surface area contributed by atoms with Gasteiger partial charge in [-0.1, -0.05) is 37.8 Å². The number of para-hydroxylation sites is 1. The molecule has 1 aromatic carbocycles. The number of halogens is 1. The Kier molecular flexibility index (Phi) is 4.77. The van der Waals surface area contributed by atoms with Gasteiger partial charge in [-0.25, -0.2) is 9.18 Å². The van der Waals surface area contributed by atoms with Gasteiger partial charge >= 0.3 is 6.03 Å². The van der Waals surface area contributed by atoms with Gasteiger partial charge in [-0.2, -0.15) is 0 Å². The first-order valence-electron chi connectivity index (χ1n) is 7.22. The molecule has 0 aromatic heterocycles. The van der Waals surface area contributed by atoms with E-state index < -0.39 is 17.4 Å². The molecule has 21 heavy (non-hydrogen) atoms. The number of carbonyl (C=O) groups is 1. The van der Waals surface area contributed by atoms with Gasteiger partial charge in [0.05, 0.1) is 11.2 Å². The van der Waals surface area contributed by atoms with Crippen LogP contribution in [0.3, 0.4) is 0 Å². The lowest BCUT2D eigenvalue weighted by Gasteiger charge is -2.32. The third-order valence-corrected chi connectivity index (χ3v) is 3.95. The van der Waals surface area contributed by atoms with Crippen molar-refractivity contribution in [2.75, 3.05) is 5.32 Å². The van der Waals surface area contributed by atoms with Gasteiger partial charge in [0.25, 0.3) is 0 Å². The number of amides is 2. The lowest BCUT2D eigenvalue weighted by molar-refractivity contribution is 0.241. The number of rotatable bonds is 3. The van der Waals surface area contributed by atoms with Crippen molar-refractivity contribution in [3.63, 3.8) is 0 Å². The largest absolute Gasteiger partial charge is 0.386 e. The average Bonchev–Trinajstić information content (AvgIpc) is 2.68. The van der Waals surface area contributed by atoms with Crippen molar-refractivity contribution in [1.82, 2.24) is 5.32 Å². The van der Waals surface area contributed by atoms with Crippen molar-refractivity contribution < 1.29 is 9.18 Å². The molecule has 2 rings (SSSR count). The topological polar surface area (TPSA) is 91.0 Å². The quantitative estimate of drug-likeness (QED) is 0.392. The summed E-state index contributed by atoms with van der Waals surface area (Å²) in [4.78, 5) is 12.1. The standard InChI is InChI=1S/C15H21FN4O/c16-11-7-3-4-8-12(11)19-14(21)20-15(13(17)18)9-5-1-2-6-10-15/h3-4,7-8H,1-2,5-6,9-10H2,(H3,17,18)(H2,19,20,21). The Morgan fingerprint density at radius 2 is 1.81 bits per heavy atom. The lowest BCUT2D eigenvalue weighted by Crippen LogP contribution is -2.58. The number of nitrogens with two attached hydrogens (primary N) is 1. The molecular weight excluding hydrogens is 271 g/mol. The molecule has 5 N–H and O–H groups in total. The maximum Gasteiger partial charge on any atom is 0.320 e. The summed E-state index contributed by atoms with van der Waals surface area (Å²) in [6.07, 6.45) is 5.27. The second-order valence-electron chi connectivity index (χ2n) is 5.47. The van der Waals surface area contributed by atoms with Crippen LogP contribution in [-0.4, -0.2) is 17.4 Å². The van der Waals surface area contributed by atoms with Gasteiger partial charge in [0.2, 0.25) is 0 Å². The molecule has 1 aliphatic rings. The molecule has 6 heteroatoms. The van der Waals surface area contributed by atoms with Crippen molar-refractivity contribution in [2.24, 2.45) is 5.73 Å². The van der Waals surface area contributed by atoms with E-state index in [0.717, 1.165) is 25.7 Å². The van der Waals surface area contributed by atoms with E-state index >= 15 is 0 Å². The molecule has 2 amide bonds. The number of hydrogen-bond donors (Lipinski definition) is 4. The van der Waals surface area contributed by atoms with E-state index in [1.54, 1.807) is 12.1 Å². The number of anilines is 1. The van der Waals surface area contributed by atoms with Crippen LogP contribution in [0.2, 0.25) is 0 Å². The van der Waals surface area contributed by atoms with Crippen LogP contribution in [0.15, 0.2) is 24.3 Å². The van der Waals surface area contributed by atoms with E-state index in [1.807, 2.05) is 0 Å². The first-order chi connectivity index (χ1) is 10.0. The first kappa shape index (κ1) is 15.3. The van der Waals surface area contributed by atoms with Crippen LogP contribution in [0.4, 0.5) is 14.9 Å². The number of urea groups is 1. The van der Waals surface area contributed by atoms with Gasteiger partial charge in [0, 0.05) is 0 Å². The monoisotopic (exact) mass is 292 g/mol. The van der Waals surface area contributed by atoms with Gasteiger partial charge in [0.15, 0.2) is 0 Å². The smallest absolute Gasteiger partial charge is 0.320 e. The van der Waals surface area contributed by atoms with Crippen molar-refractivity contribution in [1.29, 1.82) is 5.41 Å². The summed E-state index contributed by atoms with van der Waals surface area (Å²) in [5.74, 6) is -0.529. The molecule has 1 saturated carbocycles. The Hall–Kier alpha value is -2.11. The fourth-order valence-corrected chi connectivity index (χ4v) is 2.73. The predicted octanol–water partition coefficient (Wildman–Crippen LogP) is 2.98. The van der Waals surface area contributed by atoms with E-state index in [4.69, 9.17) is 11.1 Å². The highest BCUT2D eigenvalue weighted by Gasteiger charge is 2.35. The van der Waals surface area contributed by atoms with Crippen LogP contribution in [-0.2, 0) is 0 Å². The molecule has 0 spiro atoms. The molecule has 1 fully saturated rings. The Balaban J connectivity index is 2.08. The highest BCUT2D eigenvalue weighted by molar-refractivity contribution is 5.96. The van der Waals surface area contributed by atoms with Crippen molar-refractivity contribution in [3.8, 4) is 0 Å². The number of nitrogens with one attached hydrogen (secondary N) is 3.